The van der Waals surface area contributed by atoms with E-state index in [1.165, 1.54) is 13.2 Å². The van der Waals surface area contributed by atoms with E-state index < -0.39 is 0 Å². The SMILES string of the molecule is COc1cc(Cl)nc(NC(=O)CC2CSCCN2)n1. The standard InChI is InChI=1S/C11H15ClN4O2S/c1-18-10-5-8(12)14-11(16-10)15-9(17)4-7-6-19-3-2-13-7/h5,7,13H,2-4,6H2,1H3,(H,14,15,16,17). The molecule has 8 heteroatoms. The third kappa shape index (κ3) is 4.52. The fraction of sp³-hybridized carbons (Fsp3) is 0.545. The molecule has 104 valence electrons. The van der Waals surface area contributed by atoms with Crippen molar-refractivity contribution in [3.63, 3.8) is 0 Å². The summed E-state index contributed by atoms with van der Waals surface area (Å²) in [5.41, 5.74) is 0. The predicted octanol–water partition coefficient (Wildman–Crippen LogP) is 1.17. The van der Waals surface area contributed by atoms with Crippen molar-refractivity contribution in [2.24, 2.45) is 0 Å². The van der Waals surface area contributed by atoms with Crippen molar-refractivity contribution in [3.8, 4) is 5.88 Å². The molecule has 1 aliphatic rings. The Morgan fingerprint density at radius 2 is 2.53 bits per heavy atom. The maximum absolute atomic E-state index is 11.9. The Morgan fingerprint density at radius 1 is 1.68 bits per heavy atom. The third-order valence-corrected chi connectivity index (χ3v) is 3.89. The summed E-state index contributed by atoms with van der Waals surface area (Å²) in [4.78, 5) is 19.8. The fourth-order valence-corrected chi connectivity index (χ4v) is 2.83. The zero-order chi connectivity index (χ0) is 13.7. The molecule has 1 aromatic heterocycles. The summed E-state index contributed by atoms with van der Waals surface area (Å²) >= 11 is 7.65. The molecule has 0 spiro atoms. The number of hydrogen-bond donors (Lipinski definition) is 2. The number of nitrogens with one attached hydrogen (secondary N) is 2. The van der Waals surface area contributed by atoms with Crippen molar-refractivity contribution in [1.29, 1.82) is 0 Å². The second kappa shape index (κ2) is 6.93. The second-order valence-electron chi connectivity index (χ2n) is 4.03. The van der Waals surface area contributed by atoms with Gasteiger partial charge in [0.25, 0.3) is 0 Å². The van der Waals surface area contributed by atoms with Gasteiger partial charge in [-0.2, -0.15) is 16.7 Å². The molecule has 1 aliphatic heterocycles. The Balaban J connectivity index is 1.92. The summed E-state index contributed by atoms with van der Waals surface area (Å²) in [5, 5.41) is 6.16. The summed E-state index contributed by atoms with van der Waals surface area (Å²) in [6.45, 7) is 0.935. The molecule has 1 atom stereocenters. The number of amides is 1. The number of methoxy groups -OCH3 is 1. The van der Waals surface area contributed by atoms with Crippen LogP contribution in [0.2, 0.25) is 5.15 Å². The molecular formula is C11H15ClN4O2S. The van der Waals surface area contributed by atoms with Gasteiger partial charge in [0, 0.05) is 36.6 Å². The molecule has 1 saturated heterocycles. The first-order valence-electron chi connectivity index (χ1n) is 5.87. The van der Waals surface area contributed by atoms with E-state index in [4.69, 9.17) is 16.3 Å². The van der Waals surface area contributed by atoms with Crippen molar-refractivity contribution in [1.82, 2.24) is 15.3 Å². The number of aromatic nitrogens is 2. The van der Waals surface area contributed by atoms with E-state index in [1.807, 2.05) is 11.8 Å². The van der Waals surface area contributed by atoms with Gasteiger partial charge in [0.1, 0.15) is 5.15 Å². The van der Waals surface area contributed by atoms with Crippen LogP contribution in [0.4, 0.5) is 5.95 Å². The van der Waals surface area contributed by atoms with Crippen LogP contribution in [0.1, 0.15) is 6.42 Å². The summed E-state index contributed by atoms with van der Waals surface area (Å²) in [6, 6.07) is 1.68. The van der Waals surface area contributed by atoms with E-state index >= 15 is 0 Å². The molecule has 0 radical (unpaired) electrons. The molecule has 0 aliphatic carbocycles. The van der Waals surface area contributed by atoms with Crippen molar-refractivity contribution in [3.05, 3.63) is 11.2 Å². The Labute approximate surface area is 120 Å². The summed E-state index contributed by atoms with van der Waals surface area (Å²) in [5.74, 6) is 2.38. The lowest BCUT2D eigenvalue weighted by Crippen LogP contribution is -2.40. The second-order valence-corrected chi connectivity index (χ2v) is 5.57. The summed E-state index contributed by atoms with van der Waals surface area (Å²) in [7, 11) is 1.48. The molecule has 2 heterocycles. The van der Waals surface area contributed by atoms with Gasteiger partial charge in [-0.1, -0.05) is 11.6 Å². The van der Waals surface area contributed by atoms with Crippen LogP contribution in [-0.4, -0.2) is 47.1 Å². The Morgan fingerprint density at radius 3 is 3.21 bits per heavy atom. The quantitative estimate of drug-likeness (QED) is 0.813. The van der Waals surface area contributed by atoms with Gasteiger partial charge in [-0.25, -0.2) is 4.98 Å². The highest BCUT2D eigenvalue weighted by atomic mass is 35.5. The van der Waals surface area contributed by atoms with E-state index in [0.29, 0.717) is 12.3 Å². The highest BCUT2D eigenvalue weighted by Crippen LogP contribution is 2.16. The van der Waals surface area contributed by atoms with E-state index in [1.54, 1.807) is 0 Å². The zero-order valence-electron chi connectivity index (χ0n) is 10.5. The smallest absolute Gasteiger partial charge is 0.234 e. The van der Waals surface area contributed by atoms with Crippen LogP contribution < -0.4 is 15.4 Å². The number of nitrogens with zero attached hydrogens (tertiary/aromatic N) is 2. The molecular weight excluding hydrogens is 288 g/mol. The molecule has 1 fully saturated rings. The first-order valence-corrected chi connectivity index (χ1v) is 7.40. The molecule has 2 rings (SSSR count). The van der Waals surface area contributed by atoms with Gasteiger partial charge in [-0.15, -0.1) is 0 Å². The molecule has 0 saturated carbocycles. The van der Waals surface area contributed by atoms with Crippen LogP contribution in [0.5, 0.6) is 5.88 Å². The summed E-state index contributed by atoms with van der Waals surface area (Å²) < 4.78 is 4.96. The van der Waals surface area contributed by atoms with Crippen molar-refractivity contribution in [2.45, 2.75) is 12.5 Å². The van der Waals surface area contributed by atoms with E-state index in [9.17, 15) is 4.79 Å². The minimum Gasteiger partial charge on any atom is -0.481 e. The van der Waals surface area contributed by atoms with Crippen LogP contribution >= 0.6 is 23.4 Å². The largest absolute Gasteiger partial charge is 0.481 e. The number of hydrogen-bond acceptors (Lipinski definition) is 6. The lowest BCUT2D eigenvalue weighted by Gasteiger charge is -2.22. The molecule has 19 heavy (non-hydrogen) atoms. The topological polar surface area (TPSA) is 76.1 Å². The Hall–Kier alpha value is -1.05. The lowest BCUT2D eigenvalue weighted by molar-refractivity contribution is -0.116. The molecule has 2 N–H and O–H groups in total. The Bertz CT molecular complexity index is 454. The van der Waals surface area contributed by atoms with Gasteiger partial charge in [-0.3, -0.25) is 10.1 Å². The third-order valence-electron chi connectivity index (χ3n) is 2.56. The molecule has 0 bridgehead atoms. The average Bonchev–Trinajstić information content (AvgIpc) is 2.38. The normalized spacial score (nSPS) is 18.9. The molecule has 0 aromatic carbocycles. The number of halogens is 1. The number of rotatable bonds is 4. The van der Waals surface area contributed by atoms with Crippen LogP contribution in [0, 0.1) is 0 Å². The minimum atomic E-state index is -0.135. The monoisotopic (exact) mass is 302 g/mol. The van der Waals surface area contributed by atoms with Crippen molar-refractivity contribution in [2.75, 3.05) is 30.5 Å². The van der Waals surface area contributed by atoms with E-state index in [-0.39, 0.29) is 23.1 Å². The van der Waals surface area contributed by atoms with Crippen LogP contribution in [0.15, 0.2) is 6.07 Å². The van der Waals surface area contributed by atoms with E-state index in [0.717, 1.165) is 18.1 Å². The maximum atomic E-state index is 11.9. The highest BCUT2D eigenvalue weighted by molar-refractivity contribution is 7.99. The maximum Gasteiger partial charge on any atom is 0.234 e. The van der Waals surface area contributed by atoms with Gasteiger partial charge in [0.05, 0.1) is 7.11 Å². The van der Waals surface area contributed by atoms with Crippen LogP contribution in [0.3, 0.4) is 0 Å². The van der Waals surface area contributed by atoms with Crippen LogP contribution in [-0.2, 0) is 4.79 Å². The lowest BCUT2D eigenvalue weighted by atomic mass is 10.2. The van der Waals surface area contributed by atoms with Gasteiger partial charge >= 0.3 is 0 Å². The Kier molecular flexibility index (Phi) is 5.24. The zero-order valence-corrected chi connectivity index (χ0v) is 12.1. The average molecular weight is 303 g/mol. The molecule has 1 aromatic rings. The number of thioether (sulfide) groups is 1. The minimum absolute atomic E-state index is 0.135. The van der Waals surface area contributed by atoms with Crippen molar-refractivity contribution >= 4 is 35.2 Å². The van der Waals surface area contributed by atoms with Gasteiger partial charge in [0.2, 0.25) is 17.7 Å². The molecule has 1 unspecified atom stereocenters. The van der Waals surface area contributed by atoms with E-state index in [2.05, 4.69) is 20.6 Å². The van der Waals surface area contributed by atoms with Gasteiger partial charge in [-0.05, 0) is 0 Å². The highest BCUT2D eigenvalue weighted by Gasteiger charge is 2.17. The fourth-order valence-electron chi connectivity index (χ4n) is 1.71. The predicted molar refractivity (Wildman–Crippen MR) is 76.0 cm³/mol. The number of carbonyl (C=O) groups excluding carboxylic acids is 1. The van der Waals surface area contributed by atoms with Crippen LogP contribution in [0.25, 0.3) is 0 Å². The first kappa shape index (κ1) is 14.4. The molecule has 6 nitrogen and oxygen atoms in total. The number of anilines is 1. The number of carbonyl (C=O) groups is 1. The van der Waals surface area contributed by atoms with Gasteiger partial charge < -0.3 is 10.1 Å². The van der Waals surface area contributed by atoms with Gasteiger partial charge in [0.15, 0.2) is 0 Å². The molecule has 1 amide bonds. The number of ether oxygens (including phenoxy) is 1. The van der Waals surface area contributed by atoms with Crippen molar-refractivity contribution < 1.29 is 9.53 Å². The first-order chi connectivity index (χ1) is 9.17. The summed E-state index contributed by atoms with van der Waals surface area (Å²) in [6.07, 6.45) is 0.394.